The first-order chi connectivity index (χ1) is 11.4. The highest BCUT2D eigenvalue weighted by Crippen LogP contribution is 2.25. The number of aromatic amines is 1. The van der Waals surface area contributed by atoms with Crippen molar-refractivity contribution in [3.8, 4) is 0 Å². The number of benzene rings is 1. The van der Waals surface area contributed by atoms with E-state index >= 15 is 0 Å². The van der Waals surface area contributed by atoms with Crippen LogP contribution in [-0.2, 0) is 6.54 Å². The minimum atomic E-state index is -0.441. The van der Waals surface area contributed by atoms with E-state index < -0.39 is 5.91 Å². The molecule has 0 atom stereocenters. The zero-order valence-electron chi connectivity index (χ0n) is 13.6. The van der Waals surface area contributed by atoms with E-state index in [9.17, 15) is 14.0 Å². The van der Waals surface area contributed by atoms with Crippen LogP contribution < -0.4 is 10.9 Å². The van der Waals surface area contributed by atoms with Crippen LogP contribution in [0, 0.1) is 26.6 Å². The second-order valence-electron chi connectivity index (χ2n) is 5.82. The van der Waals surface area contributed by atoms with E-state index in [1.165, 1.54) is 18.2 Å². The fourth-order valence-corrected chi connectivity index (χ4v) is 2.76. The third-order valence-electron chi connectivity index (χ3n) is 4.02. The largest absolute Gasteiger partial charge is 0.451 e. The minimum absolute atomic E-state index is 0.0884. The Kier molecular flexibility index (Phi) is 3.97. The molecule has 24 heavy (non-hydrogen) atoms. The van der Waals surface area contributed by atoms with Crippen molar-refractivity contribution in [2.75, 3.05) is 0 Å². The summed E-state index contributed by atoms with van der Waals surface area (Å²) in [5.74, 6) is -0.708. The van der Waals surface area contributed by atoms with Crippen LogP contribution in [-0.4, -0.2) is 10.9 Å². The van der Waals surface area contributed by atoms with Crippen LogP contribution in [0.1, 0.15) is 32.9 Å². The molecule has 1 aromatic carbocycles. The number of rotatable bonds is 3. The van der Waals surface area contributed by atoms with Crippen LogP contribution in [0.25, 0.3) is 11.0 Å². The molecule has 124 valence electrons. The first-order valence-electron chi connectivity index (χ1n) is 7.53. The van der Waals surface area contributed by atoms with Crippen LogP contribution in [0.5, 0.6) is 0 Å². The monoisotopic (exact) mass is 328 g/mol. The summed E-state index contributed by atoms with van der Waals surface area (Å²) in [5.41, 5.74) is 2.85. The molecule has 3 rings (SSSR count). The SMILES string of the molecule is Cc1cc(C)c(CNC(=O)c2oc3ccc(F)cc3c2C)c(=O)[nH]1. The number of nitrogens with one attached hydrogen (secondary N) is 2. The Labute approximate surface area is 137 Å². The van der Waals surface area contributed by atoms with Crippen molar-refractivity contribution in [1.29, 1.82) is 0 Å². The molecule has 6 heteroatoms. The molecule has 3 aromatic rings. The molecule has 1 amide bonds. The Morgan fingerprint density at radius 2 is 2.00 bits per heavy atom. The van der Waals surface area contributed by atoms with Gasteiger partial charge in [0.2, 0.25) is 0 Å². The maximum Gasteiger partial charge on any atom is 0.287 e. The molecular weight excluding hydrogens is 311 g/mol. The lowest BCUT2D eigenvalue weighted by Crippen LogP contribution is -2.28. The van der Waals surface area contributed by atoms with Crippen molar-refractivity contribution in [2.45, 2.75) is 27.3 Å². The molecule has 0 saturated heterocycles. The van der Waals surface area contributed by atoms with E-state index in [0.29, 0.717) is 22.1 Å². The molecule has 0 aliphatic carbocycles. The minimum Gasteiger partial charge on any atom is -0.451 e. The number of amides is 1. The first-order valence-corrected chi connectivity index (χ1v) is 7.53. The number of hydrogen-bond donors (Lipinski definition) is 2. The van der Waals surface area contributed by atoms with E-state index in [1.54, 1.807) is 13.8 Å². The number of fused-ring (bicyclic) bond motifs is 1. The Bertz CT molecular complexity index is 1000. The summed E-state index contributed by atoms with van der Waals surface area (Å²) in [6.45, 7) is 5.40. The number of carbonyl (C=O) groups is 1. The summed E-state index contributed by atoms with van der Waals surface area (Å²) in [4.78, 5) is 27.1. The molecule has 5 nitrogen and oxygen atoms in total. The number of aryl methyl sites for hydroxylation is 3. The van der Waals surface area contributed by atoms with Crippen molar-refractivity contribution in [3.05, 3.63) is 68.6 Å². The first kappa shape index (κ1) is 16.0. The summed E-state index contributed by atoms with van der Waals surface area (Å²) in [6.07, 6.45) is 0. The summed E-state index contributed by atoms with van der Waals surface area (Å²) in [6, 6.07) is 5.95. The summed E-state index contributed by atoms with van der Waals surface area (Å²) in [5, 5.41) is 3.25. The standard InChI is InChI=1S/C18H17FN2O3/c1-9-6-10(2)21-17(22)14(9)8-20-18(23)16-11(3)13-7-12(19)4-5-15(13)24-16/h4-7H,8H2,1-3H3,(H,20,23)(H,21,22). The third-order valence-corrected chi connectivity index (χ3v) is 4.02. The molecular formula is C18H17FN2O3. The number of aromatic nitrogens is 1. The van der Waals surface area contributed by atoms with Gasteiger partial charge in [0.1, 0.15) is 11.4 Å². The van der Waals surface area contributed by atoms with Gasteiger partial charge in [-0.15, -0.1) is 0 Å². The fraction of sp³-hybridized carbons (Fsp3) is 0.222. The molecule has 2 aromatic heterocycles. The van der Waals surface area contributed by atoms with Crippen molar-refractivity contribution >= 4 is 16.9 Å². The molecule has 0 saturated carbocycles. The molecule has 0 fully saturated rings. The molecule has 0 unspecified atom stereocenters. The number of furan rings is 1. The smallest absolute Gasteiger partial charge is 0.287 e. The molecule has 0 aliphatic heterocycles. The lowest BCUT2D eigenvalue weighted by atomic mass is 10.1. The predicted molar refractivity (Wildman–Crippen MR) is 88.6 cm³/mol. The van der Waals surface area contributed by atoms with Gasteiger partial charge in [-0.2, -0.15) is 0 Å². The second-order valence-corrected chi connectivity index (χ2v) is 5.82. The van der Waals surface area contributed by atoms with Crippen LogP contribution in [0.4, 0.5) is 4.39 Å². The molecule has 2 heterocycles. The van der Waals surface area contributed by atoms with Gasteiger partial charge in [0.25, 0.3) is 11.5 Å². The topological polar surface area (TPSA) is 75.1 Å². The van der Waals surface area contributed by atoms with E-state index in [0.717, 1.165) is 11.3 Å². The van der Waals surface area contributed by atoms with E-state index in [1.807, 2.05) is 13.0 Å². The van der Waals surface area contributed by atoms with Crippen LogP contribution >= 0.6 is 0 Å². The van der Waals surface area contributed by atoms with Crippen molar-refractivity contribution in [2.24, 2.45) is 0 Å². The van der Waals surface area contributed by atoms with Gasteiger partial charge in [-0.05, 0) is 50.6 Å². The lowest BCUT2D eigenvalue weighted by molar-refractivity contribution is 0.0924. The zero-order valence-corrected chi connectivity index (χ0v) is 13.6. The Hall–Kier alpha value is -2.89. The van der Waals surface area contributed by atoms with E-state index in [4.69, 9.17) is 4.42 Å². The highest BCUT2D eigenvalue weighted by atomic mass is 19.1. The number of carbonyl (C=O) groups excluding carboxylic acids is 1. The van der Waals surface area contributed by atoms with E-state index in [2.05, 4.69) is 10.3 Å². The van der Waals surface area contributed by atoms with Gasteiger partial charge in [0.15, 0.2) is 5.76 Å². The number of H-pyrrole nitrogens is 1. The average molecular weight is 328 g/mol. The Morgan fingerprint density at radius 1 is 1.25 bits per heavy atom. The summed E-state index contributed by atoms with van der Waals surface area (Å²) < 4.78 is 18.9. The van der Waals surface area contributed by atoms with Crippen molar-refractivity contribution in [3.63, 3.8) is 0 Å². The Morgan fingerprint density at radius 3 is 2.71 bits per heavy atom. The summed E-state index contributed by atoms with van der Waals surface area (Å²) in [7, 11) is 0. The molecule has 2 N–H and O–H groups in total. The van der Waals surface area contributed by atoms with Crippen LogP contribution in [0.2, 0.25) is 0 Å². The fourth-order valence-electron chi connectivity index (χ4n) is 2.76. The average Bonchev–Trinajstić information content (AvgIpc) is 2.83. The quantitative estimate of drug-likeness (QED) is 0.776. The van der Waals surface area contributed by atoms with Gasteiger partial charge >= 0.3 is 0 Å². The maximum atomic E-state index is 13.3. The van der Waals surface area contributed by atoms with Gasteiger partial charge in [0.05, 0.1) is 0 Å². The third kappa shape index (κ3) is 2.82. The van der Waals surface area contributed by atoms with Crippen molar-refractivity contribution in [1.82, 2.24) is 10.3 Å². The highest BCUT2D eigenvalue weighted by Gasteiger charge is 2.18. The van der Waals surface area contributed by atoms with Gasteiger partial charge in [-0.1, -0.05) is 0 Å². The molecule has 0 bridgehead atoms. The number of pyridine rings is 1. The molecule has 0 aliphatic rings. The maximum absolute atomic E-state index is 13.3. The van der Waals surface area contributed by atoms with E-state index in [-0.39, 0.29) is 23.7 Å². The van der Waals surface area contributed by atoms with Gasteiger partial charge < -0.3 is 14.7 Å². The molecule has 0 spiro atoms. The second kappa shape index (κ2) is 5.96. The van der Waals surface area contributed by atoms with Crippen LogP contribution in [0.3, 0.4) is 0 Å². The highest BCUT2D eigenvalue weighted by molar-refractivity contribution is 5.98. The van der Waals surface area contributed by atoms with Gasteiger partial charge in [-0.25, -0.2) is 4.39 Å². The summed E-state index contributed by atoms with van der Waals surface area (Å²) >= 11 is 0. The van der Waals surface area contributed by atoms with Gasteiger partial charge in [-0.3, -0.25) is 9.59 Å². The molecule has 0 radical (unpaired) electrons. The number of halogens is 1. The number of hydrogen-bond acceptors (Lipinski definition) is 3. The lowest BCUT2D eigenvalue weighted by Gasteiger charge is -2.07. The zero-order chi connectivity index (χ0) is 17.4. The van der Waals surface area contributed by atoms with Gasteiger partial charge in [0, 0.05) is 28.8 Å². The van der Waals surface area contributed by atoms with Crippen LogP contribution in [0.15, 0.2) is 33.5 Å². The Balaban J connectivity index is 1.86. The normalized spacial score (nSPS) is 11.0. The predicted octanol–water partition coefficient (Wildman–Crippen LogP) is 3.12. The van der Waals surface area contributed by atoms with Crippen molar-refractivity contribution < 1.29 is 13.6 Å².